The second-order valence-electron chi connectivity index (χ2n) is 10.1. The van der Waals surface area contributed by atoms with Crippen LogP contribution < -0.4 is 11.4 Å². The number of hydrogen-bond acceptors (Lipinski definition) is 8. The molecule has 0 aliphatic heterocycles. The summed E-state index contributed by atoms with van der Waals surface area (Å²) < 4.78 is 33.5. The lowest BCUT2D eigenvalue weighted by atomic mass is 10.2. The van der Waals surface area contributed by atoms with E-state index in [1.807, 2.05) is 33.3 Å². The molecule has 248 valence electrons. The Labute approximate surface area is 292 Å². The molecule has 0 N–H and O–H groups in total. The molecular weight excluding hydrogens is 722 g/mol. The molecule has 15 heteroatoms. The van der Waals surface area contributed by atoms with Crippen LogP contribution in [-0.2, 0) is 13.1 Å². The van der Waals surface area contributed by atoms with Gasteiger partial charge in [-0.05, 0) is 110 Å². The van der Waals surface area contributed by atoms with Gasteiger partial charge in [0.15, 0.2) is 10.3 Å². The average molecular weight is 754 g/mol. The minimum atomic E-state index is -0.353. The number of nitrogens with zero attached hydrogens (tertiary/aromatic N) is 8. The first-order valence-corrected chi connectivity index (χ1v) is 18.0. The Kier molecular flexibility index (Phi) is 11.1. The highest BCUT2D eigenvalue weighted by atomic mass is 79.9. The molecule has 4 aromatic heterocycles. The quantitative estimate of drug-likeness (QED) is 0.121. The van der Waals surface area contributed by atoms with E-state index in [4.69, 9.17) is 0 Å². The van der Waals surface area contributed by atoms with Crippen LogP contribution in [0.1, 0.15) is 19.5 Å². The van der Waals surface area contributed by atoms with E-state index in [0.717, 1.165) is 5.69 Å². The second kappa shape index (κ2) is 15.3. The highest BCUT2D eigenvalue weighted by molar-refractivity contribution is 9.10. The van der Waals surface area contributed by atoms with Crippen LogP contribution in [0.4, 0.5) is 8.78 Å². The van der Waals surface area contributed by atoms with Crippen molar-refractivity contribution >= 4 is 39.5 Å². The summed E-state index contributed by atoms with van der Waals surface area (Å²) in [6.45, 7) is 6.74. The largest absolute Gasteiger partial charge is 0.334 e. The van der Waals surface area contributed by atoms with E-state index in [2.05, 4.69) is 35.9 Å². The molecule has 0 aliphatic rings. The van der Waals surface area contributed by atoms with E-state index in [-0.39, 0.29) is 23.0 Å². The van der Waals surface area contributed by atoms with Crippen molar-refractivity contribution in [2.24, 2.45) is 0 Å². The number of rotatable bonds is 8. The normalized spacial score (nSPS) is 11.0. The highest BCUT2D eigenvalue weighted by Crippen LogP contribution is 2.30. The van der Waals surface area contributed by atoms with E-state index in [1.54, 1.807) is 62.5 Å². The lowest BCUT2D eigenvalue weighted by molar-refractivity contribution is 0.626. The number of imidazole rings is 2. The molecule has 0 radical (unpaired) electrons. The van der Waals surface area contributed by atoms with Crippen LogP contribution in [0.3, 0.4) is 0 Å². The van der Waals surface area contributed by atoms with E-state index >= 15 is 0 Å². The van der Waals surface area contributed by atoms with E-state index in [1.165, 1.54) is 52.4 Å². The number of aromatic nitrogens is 8. The van der Waals surface area contributed by atoms with Gasteiger partial charge in [-0.2, -0.15) is 0 Å². The smallest absolute Gasteiger partial charge is 0.296 e. The monoisotopic (exact) mass is 752 g/mol. The molecule has 0 atom stereocenters. The molecule has 6 rings (SSSR count). The molecular formula is C33H31BrF2N8O2S2. The SMILES string of the molecule is CCn1c(Br)c(-c2ccnc(SC)n2)n(-c2ccc(F)cc2)c1=O.CCn1c(C)c(-c2ccnc(SC)n2)n(-c2ccc(F)cc2)c1=O. The van der Waals surface area contributed by atoms with Gasteiger partial charge in [-0.1, -0.05) is 23.5 Å². The summed E-state index contributed by atoms with van der Waals surface area (Å²) >= 11 is 6.37. The molecule has 0 spiro atoms. The first-order valence-electron chi connectivity index (χ1n) is 14.7. The molecule has 48 heavy (non-hydrogen) atoms. The molecule has 2 aromatic carbocycles. The van der Waals surface area contributed by atoms with Gasteiger partial charge in [0.25, 0.3) is 0 Å². The van der Waals surface area contributed by atoms with Crippen LogP contribution in [0.2, 0.25) is 0 Å². The molecule has 0 saturated carbocycles. The Balaban J connectivity index is 0.000000188. The molecule has 4 heterocycles. The van der Waals surface area contributed by atoms with Crippen LogP contribution >= 0.6 is 39.5 Å². The third kappa shape index (κ3) is 6.93. The van der Waals surface area contributed by atoms with Gasteiger partial charge in [0.1, 0.15) is 21.9 Å². The van der Waals surface area contributed by atoms with Crippen molar-refractivity contribution in [1.82, 2.24) is 38.2 Å². The van der Waals surface area contributed by atoms with E-state index in [9.17, 15) is 18.4 Å². The summed E-state index contributed by atoms with van der Waals surface area (Å²) in [5.74, 6) is -0.694. The summed E-state index contributed by atoms with van der Waals surface area (Å²) in [6, 6.07) is 15.2. The zero-order valence-electron chi connectivity index (χ0n) is 26.7. The Hall–Kier alpha value is -4.34. The maximum atomic E-state index is 13.3. The fraction of sp³-hybridized carbons (Fsp3) is 0.212. The summed E-state index contributed by atoms with van der Waals surface area (Å²) in [5.41, 5.74) is 4.23. The van der Waals surface area contributed by atoms with Gasteiger partial charge in [-0.15, -0.1) is 0 Å². The summed E-state index contributed by atoms with van der Waals surface area (Å²) in [7, 11) is 0. The molecule has 0 saturated heterocycles. The number of benzene rings is 2. The Morgan fingerprint density at radius 2 is 1.08 bits per heavy atom. The molecule has 0 amide bonds. The average Bonchev–Trinajstić information content (AvgIpc) is 3.52. The maximum Gasteiger partial charge on any atom is 0.334 e. The van der Waals surface area contributed by atoms with Crippen molar-refractivity contribution in [3.8, 4) is 34.2 Å². The predicted octanol–water partition coefficient (Wildman–Crippen LogP) is 7.02. The van der Waals surface area contributed by atoms with E-state index < -0.39 is 0 Å². The molecule has 6 aromatic rings. The Morgan fingerprint density at radius 1 is 0.667 bits per heavy atom. The lowest BCUT2D eigenvalue weighted by Crippen LogP contribution is -2.23. The van der Waals surface area contributed by atoms with Crippen LogP contribution in [0, 0.1) is 18.6 Å². The van der Waals surface area contributed by atoms with Gasteiger partial charge in [0.05, 0.1) is 28.5 Å². The summed E-state index contributed by atoms with van der Waals surface area (Å²) in [6.07, 6.45) is 7.12. The minimum absolute atomic E-state index is 0.166. The maximum absolute atomic E-state index is 13.3. The van der Waals surface area contributed by atoms with Crippen molar-refractivity contribution in [3.05, 3.63) is 116 Å². The number of hydrogen-bond donors (Lipinski definition) is 0. The number of halogens is 3. The standard InChI is InChI=1S/C17H17FN4OS.C16H14BrFN4OS/c1-4-21-11(2)15(14-9-10-19-16(20-14)24-3)22(17(21)23)13-7-5-12(18)6-8-13;1-3-21-14(17)13(12-8-9-19-15(20-12)24-2)22(16(21)23)11-6-4-10(18)5-7-11/h5-10H,4H2,1-3H3;4-9H,3H2,1-2H3. The minimum Gasteiger partial charge on any atom is -0.296 e. The van der Waals surface area contributed by atoms with Crippen LogP contribution in [-0.4, -0.2) is 50.7 Å². The topological polar surface area (TPSA) is 105 Å². The van der Waals surface area contributed by atoms with Crippen LogP contribution in [0.15, 0.2) is 97.6 Å². The van der Waals surface area contributed by atoms with Gasteiger partial charge in [-0.25, -0.2) is 38.3 Å². The van der Waals surface area contributed by atoms with Crippen LogP contribution in [0.25, 0.3) is 34.2 Å². The Morgan fingerprint density at radius 3 is 1.52 bits per heavy atom. The van der Waals surface area contributed by atoms with E-state index in [0.29, 0.717) is 62.2 Å². The van der Waals surface area contributed by atoms with Gasteiger partial charge in [0, 0.05) is 31.2 Å². The van der Waals surface area contributed by atoms with Gasteiger partial charge < -0.3 is 0 Å². The fourth-order valence-electron chi connectivity index (χ4n) is 5.14. The molecule has 0 bridgehead atoms. The third-order valence-corrected chi connectivity index (χ3v) is 9.32. The number of thioether (sulfide) groups is 2. The van der Waals surface area contributed by atoms with Crippen molar-refractivity contribution in [2.45, 2.75) is 44.2 Å². The first-order chi connectivity index (χ1) is 23.1. The molecule has 0 aliphatic carbocycles. The fourth-order valence-corrected chi connectivity index (χ4v) is 6.63. The summed E-state index contributed by atoms with van der Waals surface area (Å²) in [5, 5.41) is 1.25. The van der Waals surface area contributed by atoms with Gasteiger partial charge in [0.2, 0.25) is 0 Å². The molecule has 0 unspecified atom stereocenters. The molecule has 0 fully saturated rings. The molecule has 10 nitrogen and oxygen atoms in total. The third-order valence-electron chi connectivity index (χ3n) is 7.39. The van der Waals surface area contributed by atoms with Crippen molar-refractivity contribution in [2.75, 3.05) is 12.5 Å². The predicted molar refractivity (Wildman–Crippen MR) is 189 cm³/mol. The zero-order chi connectivity index (χ0) is 34.5. The highest BCUT2D eigenvalue weighted by Gasteiger charge is 2.22. The zero-order valence-corrected chi connectivity index (χ0v) is 29.9. The summed E-state index contributed by atoms with van der Waals surface area (Å²) in [4.78, 5) is 43.0. The van der Waals surface area contributed by atoms with Crippen molar-refractivity contribution in [1.29, 1.82) is 0 Å². The lowest BCUT2D eigenvalue weighted by Gasteiger charge is -2.08. The van der Waals surface area contributed by atoms with Crippen molar-refractivity contribution in [3.63, 3.8) is 0 Å². The second-order valence-corrected chi connectivity index (χ2v) is 12.4. The van der Waals surface area contributed by atoms with Crippen LogP contribution in [0.5, 0.6) is 0 Å². The first kappa shape index (κ1) is 35.0. The van der Waals surface area contributed by atoms with Gasteiger partial charge in [-0.3, -0.25) is 18.3 Å². The van der Waals surface area contributed by atoms with Crippen molar-refractivity contribution < 1.29 is 8.78 Å². The Bertz CT molecular complexity index is 2020. The van der Waals surface area contributed by atoms with Gasteiger partial charge >= 0.3 is 11.4 Å².